The molecule has 5 aliphatic heterocycles. The van der Waals surface area contributed by atoms with Crippen molar-refractivity contribution < 1.29 is 101 Å². The second-order valence-electron chi connectivity index (χ2n) is 24.6. The second kappa shape index (κ2) is 40.2. The van der Waals surface area contributed by atoms with Gasteiger partial charge >= 0.3 is 0 Å². The Balaban J connectivity index is 1.20. The van der Waals surface area contributed by atoms with Crippen molar-refractivity contribution in [2.45, 2.75) is 145 Å². The van der Waals surface area contributed by atoms with Gasteiger partial charge in [0.1, 0.15) is 29.2 Å². The van der Waals surface area contributed by atoms with Crippen LogP contribution < -0.4 is 47.7 Å². The molecule has 5 aliphatic rings. The molecule has 5 heterocycles. The number of hydrogen-bond donors (Lipinski definition) is 11. The van der Waals surface area contributed by atoms with Crippen LogP contribution in [0.15, 0.2) is 24.3 Å². The molecule has 97 heavy (non-hydrogen) atoms. The number of Topliss-reactive ketones (excluding diaryl/α,β-unsaturated/α-hetero) is 2. The number of fused-ring (bicyclic) bond motifs is 4. The lowest BCUT2D eigenvalue weighted by Crippen LogP contribution is -2.60. The number of nitrogens with zero attached hydrogens (tertiary/aromatic N) is 2. The summed E-state index contributed by atoms with van der Waals surface area (Å²) in [5.41, 5.74) is 7.03. The van der Waals surface area contributed by atoms with Gasteiger partial charge in [-0.2, -0.15) is 11.8 Å². The summed E-state index contributed by atoms with van der Waals surface area (Å²) in [6, 6.07) is -3.49. The molecular weight excluding hydrogens is 1310 g/mol. The zero-order valence-corrected chi connectivity index (χ0v) is 57.1. The van der Waals surface area contributed by atoms with Crippen molar-refractivity contribution in [3.63, 3.8) is 0 Å². The standard InChI is InChI=1S/C64H96N10O21S2/c1-5-37(2)41-10-8-9-39(76)31-67-60(86)43-11-13-48(78)57(38(3)49(79)34-75)71-62(88)47-29-40(77)33-74(47)64(89)45(30-51(65)80)70-61(87)46(69-53(82)32-68-59(41)85)36-97(90)63-56(43)42-12-14-50(91-4)44(58(42)72-63)35-96-28-7-6-18-66-52(81)17-20-92-22-24-94-26-27-95-25-23-93-21-19-73-54(83)15-16-55(73)84/h12,14-16,37-38,40-41,43,45-47,49,56-57,63,72,75,77,79H,5-11,13,17-36H2,1-4H3,(H2,65,80)(H,66,81)(H,67,86)(H,68,85)(H,69,82)(H,70,87)(H,71,88)/t37-,38-,40+,41-,43+,45-,46+,47-,49-,56?,57-,63?,97?/m0/s1. The van der Waals surface area contributed by atoms with Crippen LogP contribution in [0, 0.1) is 23.7 Å². The molecule has 0 aliphatic carbocycles. The summed E-state index contributed by atoms with van der Waals surface area (Å²) in [5, 5.41) is 49.9. The first-order valence-electron chi connectivity index (χ1n) is 33.1. The van der Waals surface area contributed by atoms with Gasteiger partial charge in [-0.25, -0.2) is 0 Å². The second-order valence-corrected chi connectivity index (χ2v) is 27.3. The van der Waals surface area contributed by atoms with Crippen LogP contribution >= 0.6 is 11.8 Å². The minimum atomic E-state index is -2.37. The van der Waals surface area contributed by atoms with Crippen molar-refractivity contribution in [1.29, 1.82) is 0 Å². The predicted molar refractivity (Wildman–Crippen MR) is 352 cm³/mol. The molecule has 3 saturated heterocycles. The van der Waals surface area contributed by atoms with Gasteiger partial charge in [-0.05, 0) is 55.4 Å². The molecule has 33 heteroatoms. The molecule has 10 amide bonds. The summed E-state index contributed by atoms with van der Waals surface area (Å²) in [4.78, 5) is 166. The summed E-state index contributed by atoms with van der Waals surface area (Å²) in [6.07, 6.45) is -0.247. The number of ketones is 2. The number of imide groups is 1. The zero-order valence-electron chi connectivity index (χ0n) is 55.5. The van der Waals surface area contributed by atoms with E-state index in [1.807, 2.05) is 13.8 Å². The average Bonchev–Trinajstić information content (AvgIpc) is 1.62. The topological polar surface area (TPSA) is 445 Å². The fourth-order valence-corrected chi connectivity index (χ4v) is 14.9. The van der Waals surface area contributed by atoms with Gasteiger partial charge in [0.15, 0.2) is 11.6 Å². The molecule has 0 radical (unpaired) electrons. The lowest BCUT2D eigenvalue weighted by molar-refractivity contribution is -0.143. The maximum absolute atomic E-state index is 15.6. The average molecular weight is 1410 g/mol. The number of anilines is 1. The minimum absolute atomic E-state index is 0.0533. The zero-order chi connectivity index (χ0) is 70.7. The number of rotatable bonds is 30. The van der Waals surface area contributed by atoms with Crippen LogP contribution in [-0.4, -0.2) is 253 Å². The first-order valence-corrected chi connectivity index (χ1v) is 35.6. The fourth-order valence-electron chi connectivity index (χ4n) is 12.2. The molecule has 1 aromatic rings. The number of methoxy groups -OCH3 is 1. The molecule has 12 N–H and O–H groups in total. The van der Waals surface area contributed by atoms with Crippen molar-refractivity contribution in [3.05, 3.63) is 35.4 Å². The van der Waals surface area contributed by atoms with E-state index in [0.29, 0.717) is 73.9 Å². The van der Waals surface area contributed by atoms with Crippen LogP contribution in [0.1, 0.15) is 108 Å². The third-order valence-electron chi connectivity index (χ3n) is 17.8. The molecule has 0 spiro atoms. The maximum atomic E-state index is 15.6. The maximum Gasteiger partial charge on any atom is 0.253 e. The van der Waals surface area contributed by atoms with Crippen LogP contribution in [0.5, 0.6) is 5.75 Å². The third kappa shape index (κ3) is 23.6. The molecule has 2 bridgehead atoms. The quantitative estimate of drug-likeness (QED) is 0.0285. The van der Waals surface area contributed by atoms with Gasteiger partial charge in [0.05, 0.1) is 117 Å². The number of amides is 10. The molecule has 540 valence electrons. The first-order chi connectivity index (χ1) is 46.5. The number of aliphatic hydroxyl groups excluding tert-OH is 3. The molecule has 3 fully saturated rings. The van der Waals surface area contributed by atoms with E-state index in [4.69, 9.17) is 29.4 Å². The van der Waals surface area contributed by atoms with Crippen molar-refractivity contribution in [1.82, 2.24) is 41.7 Å². The Morgan fingerprint density at radius 1 is 0.814 bits per heavy atom. The van der Waals surface area contributed by atoms with Crippen LogP contribution in [0.4, 0.5) is 5.69 Å². The highest BCUT2D eigenvalue weighted by molar-refractivity contribution is 7.98. The van der Waals surface area contributed by atoms with Crippen LogP contribution in [0.25, 0.3) is 0 Å². The largest absolute Gasteiger partial charge is 0.496 e. The van der Waals surface area contributed by atoms with Gasteiger partial charge < -0.3 is 86.9 Å². The predicted octanol–water partition coefficient (Wildman–Crippen LogP) is -2.30. The van der Waals surface area contributed by atoms with Crippen molar-refractivity contribution in [2.24, 2.45) is 29.4 Å². The smallest absolute Gasteiger partial charge is 0.253 e. The molecule has 13 atom stereocenters. The Hall–Kier alpha value is -6.98. The van der Waals surface area contributed by atoms with Gasteiger partial charge in [-0.3, -0.25) is 66.6 Å². The van der Waals surface area contributed by atoms with E-state index < -0.39 is 174 Å². The SMILES string of the molecule is CC[C@H](C)[C@@H]1CCCC(=O)CNC(=O)[C@@H]2CCC(=O)[C@H]([C@@H](C)[C@@H](O)CO)NC(=O)[C@@H]3C[C@@H](O)CN3C(=O)[C@H](CC(N)=O)NC(=O)[C@@H](CS(=O)C3Nc4c(ccc(OC)c4CSCCCCNC(=O)CCOCCOCCOCCOCCN4C(=O)C=CC4=O)C32)NC(=O)CNC1=O. The van der Waals surface area contributed by atoms with Crippen molar-refractivity contribution in [2.75, 3.05) is 116 Å². The van der Waals surface area contributed by atoms with Crippen molar-refractivity contribution >= 4 is 98.9 Å². The Labute approximate surface area is 570 Å². The van der Waals surface area contributed by atoms with Crippen LogP contribution in [-0.2, 0) is 93.0 Å². The number of ether oxygens (including phenoxy) is 5. The normalized spacial score (nSPS) is 25.8. The number of aliphatic hydroxyl groups is 3. The van der Waals surface area contributed by atoms with E-state index in [1.54, 1.807) is 12.1 Å². The summed E-state index contributed by atoms with van der Waals surface area (Å²) >= 11 is 1.51. The monoisotopic (exact) mass is 1400 g/mol. The van der Waals surface area contributed by atoms with E-state index in [1.165, 1.54) is 37.9 Å². The van der Waals surface area contributed by atoms with E-state index in [0.717, 1.165) is 9.80 Å². The highest BCUT2D eigenvalue weighted by Gasteiger charge is 2.49. The molecule has 0 aromatic heterocycles. The van der Waals surface area contributed by atoms with E-state index >= 15 is 9.00 Å². The molecular formula is C64H96N10O21S2. The van der Waals surface area contributed by atoms with Gasteiger partial charge in [0.2, 0.25) is 47.3 Å². The Bertz CT molecular complexity index is 2980. The summed E-state index contributed by atoms with van der Waals surface area (Å²) in [7, 11) is -0.918. The number of unbranched alkanes of at least 4 members (excludes halogenated alkanes) is 1. The Kier molecular flexibility index (Phi) is 32.7. The third-order valence-corrected chi connectivity index (χ3v) is 20.5. The fraction of sp³-hybridized carbons (Fsp3) is 0.688. The lowest BCUT2D eigenvalue weighted by Gasteiger charge is -2.33. The minimum Gasteiger partial charge on any atom is -0.496 e. The summed E-state index contributed by atoms with van der Waals surface area (Å²) in [6.45, 7) is 5.30. The van der Waals surface area contributed by atoms with E-state index in [-0.39, 0.29) is 107 Å². The highest BCUT2D eigenvalue weighted by atomic mass is 32.2. The number of carbonyl (C=O) groups excluding carboxylic acids is 12. The van der Waals surface area contributed by atoms with Crippen LogP contribution in [0.3, 0.4) is 0 Å². The van der Waals surface area contributed by atoms with Gasteiger partial charge in [-0.15, -0.1) is 0 Å². The number of benzene rings is 1. The number of thioether (sulfide) groups is 1. The van der Waals surface area contributed by atoms with Crippen molar-refractivity contribution in [3.8, 4) is 5.75 Å². The number of hydrogen-bond acceptors (Lipinski definition) is 23. The van der Waals surface area contributed by atoms with Gasteiger partial charge in [-0.1, -0.05) is 33.3 Å². The molecule has 1 aromatic carbocycles. The summed E-state index contributed by atoms with van der Waals surface area (Å²) < 4.78 is 43.4. The van der Waals surface area contributed by atoms with Gasteiger partial charge in [0.25, 0.3) is 11.8 Å². The number of nitrogens with two attached hydrogens (primary N) is 1. The number of primary amides is 1. The highest BCUT2D eigenvalue weighted by Crippen LogP contribution is 2.48. The first kappa shape index (κ1) is 79.0. The van der Waals surface area contributed by atoms with Gasteiger partial charge in [0, 0.05) is 102 Å². The molecule has 31 nitrogen and oxygen atoms in total. The number of nitrogens with one attached hydrogen (secondary N) is 7. The molecule has 6 rings (SSSR count). The molecule has 0 saturated carbocycles. The van der Waals surface area contributed by atoms with E-state index in [2.05, 4.69) is 37.2 Å². The Morgan fingerprint density at radius 3 is 2.14 bits per heavy atom. The van der Waals surface area contributed by atoms with Crippen LogP contribution in [0.2, 0.25) is 0 Å². The summed E-state index contributed by atoms with van der Waals surface area (Å²) in [5.74, 6) is -12.6. The number of carbonyl (C=O) groups is 12. The van der Waals surface area contributed by atoms with E-state index in [9.17, 15) is 68.1 Å². The lowest BCUT2D eigenvalue weighted by atomic mass is 9.81. The Morgan fingerprint density at radius 2 is 1.48 bits per heavy atom. The molecule has 3 unspecified atom stereocenters.